The van der Waals surface area contributed by atoms with E-state index in [1.807, 2.05) is 61.5 Å². The van der Waals surface area contributed by atoms with Crippen LogP contribution in [0.25, 0.3) is 11.3 Å². The third kappa shape index (κ3) is 3.76. The summed E-state index contributed by atoms with van der Waals surface area (Å²) >= 11 is 0. The molecule has 0 bridgehead atoms. The van der Waals surface area contributed by atoms with E-state index in [0.29, 0.717) is 5.95 Å². The van der Waals surface area contributed by atoms with Gasteiger partial charge in [-0.2, -0.15) is 0 Å². The maximum Gasteiger partial charge on any atom is 0.227 e. The van der Waals surface area contributed by atoms with E-state index >= 15 is 0 Å². The van der Waals surface area contributed by atoms with Gasteiger partial charge in [0, 0.05) is 30.1 Å². The lowest BCUT2D eigenvalue weighted by atomic mass is 10.1. The van der Waals surface area contributed by atoms with Crippen LogP contribution in [-0.2, 0) is 4.79 Å². The molecule has 120 valence electrons. The summed E-state index contributed by atoms with van der Waals surface area (Å²) in [5.74, 6) is 0.409. The van der Waals surface area contributed by atoms with E-state index in [1.54, 1.807) is 6.20 Å². The molecule has 0 saturated heterocycles. The van der Waals surface area contributed by atoms with Gasteiger partial charge in [0.05, 0.1) is 5.69 Å². The lowest BCUT2D eigenvalue weighted by molar-refractivity contribution is -0.114. The van der Waals surface area contributed by atoms with Gasteiger partial charge in [0.1, 0.15) is 0 Å². The van der Waals surface area contributed by atoms with Gasteiger partial charge in [-0.25, -0.2) is 9.97 Å². The number of hydrogen-bond donors (Lipinski definition) is 2. The Kier molecular flexibility index (Phi) is 4.52. The van der Waals surface area contributed by atoms with Gasteiger partial charge in [-0.15, -0.1) is 0 Å². The maximum absolute atomic E-state index is 11.2. The average molecular weight is 318 g/mol. The number of carbonyl (C=O) groups excluding carboxylic acids is 1. The van der Waals surface area contributed by atoms with Crippen molar-refractivity contribution in [3.05, 3.63) is 66.4 Å². The van der Waals surface area contributed by atoms with Crippen LogP contribution in [0.15, 0.2) is 60.8 Å². The summed E-state index contributed by atoms with van der Waals surface area (Å²) < 4.78 is 0. The van der Waals surface area contributed by atoms with Gasteiger partial charge in [0.25, 0.3) is 0 Å². The molecule has 5 heteroatoms. The highest BCUT2D eigenvalue weighted by molar-refractivity contribution is 5.89. The molecule has 24 heavy (non-hydrogen) atoms. The van der Waals surface area contributed by atoms with E-state index in [-0.39, 0.29) is 5.91 Å². The first-order valence-corrected chi connectivity index (χ1v) is 7.65. The monoisotopic (exact) mass is 318 g/mol. The molecule has 2 N–H and O–H groups in total. The first-order chi connectivity index (χ1) is 11.6. The summed E-state index contributed by atoms with van der Waals surface area (Å²) in [6.07, 6.45) is 1.73. The predicted molar refractivity (Wildman–Crippen MR) is 96.2 cm³/mol. The number of carbonyl (C=O) groups is 1. The van der Waals surface area contributed by atoms with Gasteiger partial charge in [-0.1, -0.05) is 36.4 Å². The van der Waals surface area contributed by atoms with Gasteiger partial charge in [0.15, 0.2) is 0 Å². The summed E-state index contributed by atoms with van der Waals surface area (Å²) in [5, 5.41) is 6.00. The molecule has 0 aliphatic carbocycles. The zero-order valence-electron chi connectivity index (χ0n) is 13.6. The topological polar surface area (TPSA) is 66.9 Å². The van der Waals surface area contributed by atoms with Crippen molar-refractivity contribution in [2.45, 2.75) is 13.8 Å². The molecule has 0 spiro atoms. The molecule has 3 aromatic rings. The number of aryl methyl sites for hydroxylation is 1. The largest absolute Gasteiger partial charge is 0.326 e. The second-order valence-corrected chi connectivity index (χ2v) is 5.47. The molecule has 0 fully saturated rings. The first kappa shape index (κ1) is 15.7. The van der Waals surface area contributed by atoms with E-state index in [1.165, 1.54) is 6.92 Å². The molecular formula is C19H18N4O. The lowest BCUT2D eigenvalue weighted by Gasteiger charge is -2.11. The highest BCUT2D eigenvalue weighted by Gasteiger charge is 2.06. The highest BCUT2D eigenvalue weighted by atomic mass is 16.1. The molecule has 1 amide bonds. The van der Waals surface area contributed by atoms with Crippen LogP contribution in [0.5, 0.6) is 0 Å². The predicted octanol–water partition coefficient (Wildman–Crippen LogP) is 4.15. The van der Waals surface area contributed by atoms with E-state index in [4.69, 9.17) is 0 Å². The summed E-state index contributed by atoms with van der Waals surface area (Å²) in [5.41, 5.74) is 4.51. The fourth-order valence-corrected chi connectivity index (χ4v) is 2.35. The second kappa shape index (κ2) is 6.91. The third-order valence-corrected chi connectivity index (χ3v) is 3.53. The van der Waals surface area contributed by atoms with Crippen molar-refractivity contribution in [2.75, 3.05) is 10.6 Å². The van der Waals surface area contributed by atoms with Crippen LogP contribution in [-0.4, -0.2) is 15.9 Å². The number of hydrogen-bond acceptors (Lipinski definition) is 4. The van der Waals surface area contributed by atoms with Crippen LogP contribution in [0, 0.1) is 6.92 Å². The number of nitrogens with zero attached hydrogens (tertiary/aromatic N) is 2. The number of anilines is 3. The fourth-order valence-electron chi connectivity index (χ4n) is 2.35. The van der Waals surface area contributed by atoms with Crippen LogP contribution in [0.3, 0.4) is 0 Å². The molecule has 0 atom stereocenters. The summed E-state index contributed by atoms with van der Waals surface area (Å²) in [7, 11) is 0. The van der Waals surface area contributed by atoms with Crippen LogP contribution in [0.1, 0.15) is 12.5 Å². The molecule has 2 aromatic carbocycles. The van der Waals surface area contributed by atoms with Gasteiger partial charge >= 0.3 is 0 Å². The molecule has 0 saturated carbocycles. The molecule has 1 heterocycles. The van der Waals surface area contributed by atoms with Crippen LogP contribution in [0.2, 0.25) is 0 Å². The Morgan fingerprint density at radius 3 is 2.58 bits per heavy atom. The summed E-state index contributed by atoms with van der Waals surface area (Å²) in [4.78, 5) is 20.1. The smallest absolute Gasteiger partial charge is 0.227 e. The SMILES string of the molecule is CC(=O)Nc1ccc(C)c(Nc2nccc(-c3ccccc3)n2)c1. The van der Waals surface area contributed by atoms with E-state index in [2.05, 4.69) is 20.6 Å². The van der Waals surface area contributed by atoms with E-state index < -0.39 is 0 Å². The van der Waals surface area contributed by atoms with Crippen LogP contribution >= 0.6 is 0 Å². The fraction of sp³-hybridized carbons (Fsp3) is 0.105. The molecule has 5 nitrogen and oxygen atoms in total. The molecule has 0 aliphatic rings. The molecule has 3 rings (SSSR count). The Labute approximate surface area is 140 Å². The molecule has 0 radical (unpaired) electrons. The van der Waals surface area contributed by atoms with Gasteiger partial charge in [-0.05, 0) is 30.7 Å². The van der Waals surface area contributed by atoms with Crippen LogP contribution in [0.4, 0.5) is 17.3 Å². The highest BCUT2D eigenvalue weighted by Crippen LogP contribution is 2.24. The normalized spacial score (nSPS) is 10.2. The van der Waals surface area contributed by atoms with Crippen molar-refractivity contribution in [1.29, 1.82) is 0 Å². The van der Waals surface area contributed by atoms with Crippen molar-refractivity contribution in [2.24, 2.45) is 0 Å². The molecular weight excluding hydrogens is 300 g/mol. The van der Waals surface area contributed by atoms with Crippen molar-refractivity contribution in [3.8, 4) is 11.3 Å². The van der Waals surface area contributed by atoms with Crippen molar-refractivity contribution in [3.63, 3.8) is 0 Å². The third-order valence-electron chi connectivity index (χ3n) is 3.53. The standard InChI is InChI=1S/C19H18N4O/c1-13-8-9-16(21-14(2)24)12-18(13)23-19-20-11-10-17(22-19)15-6-4-3-5-7-15/h3-12H,1-2H3,(H,21,24)(H,20,22,23). The Morgan fingerprint density at radius 2 is 1.83 bits per heavy atom. The van der Waals surface area contributed by atoms with Crippen molar-refractivity contribution in [1.82, 2.24) is 9.97 Å². The maximum atomic E-state index is 11.2. The Morgan fingerprint density at radius 1 is 1.04 bits per heavy atom. The summed E-state index contributed by atoms with van der Waals surface area (Å²) in [6, 6.07) is 17.5. The quantitative estimate of drug-likeness (QED) is 0.758. The number of amides is 1. The van der Waals surface area contributed by atoms with Crippen molar-refractivity contribution < 1.29 is 4.79 Å². The number of nitrogens with one attached hydrogen (secondary N) is 2. The van der Waals surface area contributed by atoms with Gasteiger partial charge in [-0.3, -0.25) is 4.79 Å². The Balaban J connectivity index is 1.88. The Hall–Kier alpha value is -3.21. The minimum atomic E-state index is -0.105. The average Bonchev–Trinajstić information content (AvgIpc) is 2.58. The number of benzene rings is 2. The van der Waals surface area contributed by atoms with E-state index in [0.717, 1.165) is 28.2 Å². The van der Waals surface area contributed by atoms with Crippen LogP contribution < -0.4 is 10.6 Å². The van der Waals surface area contributed by atoms with Gasteiger partial charge in [0.2, 0.25) is 11.9 Å². The minimum Gasteiger partial charge on any atom is -0.326 e. The lowest BCUT2D eigenvalue weighted by Crippen LogP contribution is -2.06. The number of aromatic nitrogens is 2. The molecule has 0 aliphatic heterocycles. The molecule has 1 aromatic heterocycles. The zero-order chi connectivity index (χ0) is 16.9. The summed E-state index contributed by atoms with van der Waals surface area (Å²) in [6.45, 7) is 3.47. The van der Waals surface area contributed by atoms with Crippen molar-refractivity contribution >= 4 is 23.2 Å². The second-order valence-electron chi connectivity index (χ2n) is 5.47. The number of rotatable bonds is 4. The first-order valence-electron chi connectivity index (χ1n) is 7.65. The Bertz CT molecular complexity index is 862. The zero-order valence-corrected chi connectivity index (χ0v) is 13.6. The van der Waals surface area contributed by atoms with Gasteiger partial charge < -0.3 is 10.6 Å². The minimum absolute atomic E-state index is 0.105. The van der Waals surface area contributed by atoms with E-state index in [9.17, 15) is 4.79 Å². The molecule has 0 unspecified atom stereocenters.